The third kappa shape index (κ3) is 6.88. The number of nitrogens with one attached hydrogen (secondary N) is 3. The maximum atomic E-state index is 13.1. The highest BCUT2D eigenvalue weighted by Crippen LogP contribution is 2.23. The second-order valence-electron chi connectivity index (χ2n) is 7.41. The quantitative estimate of drug-likeness (QED) is 0.458. The summed E-state index contributed by atoms with van der Waals surface area (Å²) in [6, 6.07) is 10.2. The Morgan fingerprint density at radius 3 is 2.47 bits per heavy atom. The molecular formula is C21H25ClFN3O5S. The topological polar surface area (TPSA) is 117 Å². The highest BCUT2D eigenvalue weighted by molar-refractivity contribution is 7.89. The van der Waals surface area contributed by atoms with Crippen molar-refractivity contribution < 1.29 is 27.4 Å². The molecule has 4 N–H and O–H groups in total. The van der Waals surface area contributed by atoms with E-state index in [1.165, 1.54) is 12.1 Å². The van der Waals surface area contributed by atoms with Crippen molar-refractivity contribution >= 4 is 33.3 Å². The molecule has 8 nitrogen and oxygen atoms in total. The van der Waals surface area contributed by atoms with E-state index >= 15 is 0 Å². The number of hydrogen-bond acceptors (Lipinski definition) is 5. The molecule has 0 radical (unpaired) electrons. The first-order chi connectivity index (χ1) is 15.3. The molecule has 2 aromatic rings. The maximum Gasteiger partial charge on any atom is 0.319 e. The number of ether oxygens (including phenoxy) is 1. The van der Waals surface area contributed by atoms with Gasteiger partial charge in [-0.3, -0.25) is 0 Å². The van der Waals surface area contributed by atoms with Gasteiger partial charge in [0, 0.05) is 17.3 Å². The molecule has 1 fully saturated rings. The van der Waals surface area contributed by atoms with Crippen molar-refractivity contribution in [1.29, 1.82) is 0 Å². The zero-order valence-electron chi connectivity index (χ0n) is 17.1. The van der Waals surface area contributed by atoms with Crippen molar-refractivity contribution in [2.45, 2.75) is 42.4 Å². The van der Waals surface area contributed by atoms with Gasteiger partial charge in [0.05, 0.1) is 29.8 Å². The second kappa shape index (κ2) is 11.1. The number of anilines is 1. The zero-order chi connectivity index (χ0) is 23.1. The zero-order valence-corrected chi connectivity index (χ0v) is 18.7. The van der Waals surface area contributed by atoms with E-state index in [1.54, 1.807) is 24.3 Å². The molecule has 0 aromatic heterocycles. The van der Waals surface area contributed by atoms with Gasteiger partial charge in [-0.05, 0) is 67.8 Å². The van der Waals surface area contributed by atoms with E-state index in [-0.39, 0.29) is 23.6 Å². The number of urea groups is 1. The van der Waals surface area contributed by atoms with E-state index in [4.69, 9.17) is 16.3 Å². The van der Waals surface area contributed by atoms with Gasteiger partial charge in [-0.25, -0.2) is 22.3 Å². The van der Waals surface area contributed by atoms with E-state index in [1.807, 2.05) is 0 Å². The van der Waals surface area contributed by atoms with Crippen molar-refractivity contribution in [1.82, 2.24) is 10.0 Å². The molecule has 2 aromatic carbocycles. The lowest BCUT2D eigenvalue weighted by Crippen LogP contribution is -2.51. The van der Waals surface area contributed by atoms with Gasteiger partial charge >= 0.3 is 6.03 Å². The number of hydrogen-bond donors (Lipinski definition) is 4. The number of carbonyl (C=O) groups is 1. The largest absolute Gasteiger partial charge is 0.394 e. The van der Waals surface area contributed by atoms with Crippen molar-refractivity contribution in [2.75, 3.05) is 18.5 Å². The van der Waals surface area contributed by atoms with Gasteiger partial charge in [0.2, 0.25) is 10.0 Å². The number of carbonyl (C=O) groups excluding carboxylic acids is 1. The molecular weight excluding hydrogens is 461 g/mol. The Bertz CT molecular complexity index is 1010. The van der Waals surface area contributed by atoms with Crippen LogP contribution >= 0.6 is 11.6 Å². The molecule has 0 unspecified atom stereocenters. The Morgan fingerprint density at radius 2 is 1.81 bits per heavy atom. The summed E-state index contributed by atoms with van der Waals surface area (Å²) in [5.41, 5.74) is 0.609. The van der Waals surface area contributed by atoms with Gasteiger partial charge in [-0.1, -0.05) is 11.6 Å². The molecule has 3 rings (SSSR count). The number of amides is 2. The van der Waals surface area contributed by atoms with Crippen LogP contribution in [0.3, 0.4) is 0 Å². The lowest BCUT2D eigenvalue weighted by atomic mass is 9.98. The molecule has 11 heteroatoms. The van der Waals surface area contributed by atoms with Crippen LogP contribution in [0.25, 0.3) is 0 Å². The standard InChI is InChI=1S/C21H25ClFN3O5S/c22-14-1-5-16(6-2-14)25-21(28)24-12-11-17-7-10-19(20(13-27)31-17)26-32(29,30)18-8-3-15(23)4-9-18/h1-6,8-9,17,19-20,26-27H,7,10-13H2,(H2,24,25,28)/t17-,19+,20-/m1/s1. The van der Waals surface area contributed by atoms with Crippen molar-refractivity contribution in [2.24, 2.45) is 0 Å². The molecule has 0 saturated carbocycles. The van der Waals surface area contributed by atoms with Gasteiger partial charge in [0.25, 0.3) is 0 Å². The molecule has 1 heterocycles. The third-order valence-electron chi connectivity index (χ3n) is 5.08. The van der Waals surface area contributed by atoms with Gasteiger partial charge in [-0.15, -0.1) is 0 Å². The highest BCUT2D eigenvalue weighted by atomic mass is 35.5. The van der Waals surface area contributed by atoms with Crippen LogP contribution in [0.15, 0.2) is 53.4 Å². The number of aliphatic hydroxyl groups excluding tert-OH is 1. The summed E-state index contributed by atoms with van der Waals surface area (Å²) in [4.78, 5) is 11.9. The van der Waals surface area contributed by atoms with E-state index in [0.29, 0.717) is 36.5 Å². The van der Waals surface area contributed by atoms with Crippen LogP contribution in [0, 0.1) is 5.82 Å². The first-order valence-corrected chi connectivity index (χ1v) is 12.0. The Hall–Kier alpha value is -2.24. The fourth-order valence-electron chi connectivity index (χ4n) is 3.42. The Morgan fingerprint density at radius 1 is 1.12 bits per heavy atom. The molecule has 1 saturated heterocycles. The molecule has 32 heavy (non-hydrogen) atoms. The summed E-state index contributed by atoms with van der Waals surface area (Å²) in [6.45, 7) is -0.0220. The van der Waals surface area contributed by atoms with Crippen LogP contribution in [0.1, 0.15) is 19.3 Å². The number of aliphatic hydroxyl groups is 1. The summed E-state index contributed by atoms with van der Waals surface area (Å²) >= 11 is 5.81. The van der Waals surface area contributed by atoms with Gasteiger partial charge in [0.15, 0.2) is 0 Å². The van der Waals surface area contributed by atoms with E-state index in [0.717, 1.165) is 12.1 Å². The predicted octanol–water partition coefficient (Wildman–Crippen LogP) is 2.88. The molecule has 0 bridgehead atoms. The summed E-state index contributed by atoms with van der Waals surface area (Å²) in [5, 5.41) is 15.7. The molecule has 0 spiro atoms. The monoisotopic (exact) mass is 485 g/mol. The first kappa shape index (κ1) is 24.4. The van der Waals surface area contributed by atoms with Crippen LogP contribution in [-0.4, -0.2) is 51.0 Å². The van der Waals surface area contributed by atoms with Crippen molar-refractivity contribution in [3.8, 4) is 0 Å². The van der Waals surface area contributed by atoms with Crippen LogP contribution < -0.4 is 15.4 Å². The van der Waals surface area contributed by atoms with Gasteiger partial charge in [-0.2, -0.15) is 0 Å². The smallest absolute Gasteiger partial charge is 0.319 e. The molecule has 2 amide bonds. The van der Waals surface area contributed by atoms with Crippen LogP contribution in [0.2, 0.25) is 5.02 Å². The number of benzene rings is 2. The second-order valence-corrected chi connectivity index (χ2v) is 9.57. The van der Waals surface area contributed by atoms with Crippen molar-refractivity contribution in [3.63, 3.8) is 0 Å². The van der Waals surface area contributed by atoms with E-state index in [9.17, 15) is 22.7 Å². The molecule has 0 aliphatic carbocycles. The van der Waals surface area contributed by atoms with E-state index in [2.05, 4.69) is 15.4 Å². The SMILES string of the molecule is O=C(NCC[C@H]1CC[C@H](NS(=O)(=O)c2ccc(F)cc2)[C@@H](CO)O1)Nc1ccc(Cl)cc1. The minimum atomic E-state index is -3.88. The van der Waals surface area contributed by atoms with Gasteiger partial charge in [0.1, 0.15) is 5.82 Å². The molecule has 1 aliphatic rings. The normalized spacial score (nSPS) is 21.2. The lowest BCUT2D eigenvalue weighted by molar-refractivity contribution is -0.0871. The minimum Gasteiger partial charge on any atom is -0.394 e. The summed E-state index contributed by atoms with van der Waals surface area (Å²) in [5.74, 6) is -0.531. The molecule has 1 aliphatic heterocycles. The highest BCUT2D eigenvalue weighted by Gasteiger charge is 2.33. The summed E-state index contributed by atoms with van der Waals surface area (Å²) in [7, 11) is -3.88. The average Bonchev–Trinajstić information content (AvgIpc) is 2.76. The predicted molar refractivity (Wildman–Crippen MR) is 119 cm³/mol. The Kier molecular flexibility index (Phi) is 8.44. The summed E-state index contributed by atoms with van der Waals surface area (Å²) < 4.78 is 46.5. The Labute approximate surface area is 191 Å². The average molecular weight is 486 g/mol. The minimum absolute atomic E-state index is 0.0615. The molecule has 3 atom stereocenters. The van der Waals surface area contributed by atoms with Crippen LogP contribution in [0.4, 0.5) is 14.9 Å². The number of rotatable bonds is 8. The van der Waals surface area contributed by atoms with Crippen molar-refractivity contribution in [3.05, 3.63) is 59.4 Å². The fourth-order valence-corrected chi connectivity index (χ4v) is 4.84. The van der Waals surface area contributed by atoms with Gasteiger partial charge < -0.3 is 20.5 Å². The lowest BCUT2D eigenvalue weighted by Gasteiger charge is -2.36. The fraction of sp³-hybridized carbons (Fsp3) is 0.381. The summed E-state index contributed by atoms with van der Waals surface area (Å²) in [6.07, 6.45) is 0.532. The number of halogens is 2. The van der Waals surface area contributed by atoms with Crippen LogP contribution in [0.5, 0.6) is 0 Å². The van der Waals surface area contributed by atoms with Crippen LogP contribution in [-0.2, 0) is 14.8 Å². The van der Waals surface area contributed by atoms with E-state index < -0.39 is 28.0 Å². The first-order valence-electron chi connectivity index (χ1n) is 10.1. The third-order valence-corrected chi connectivity index (χ3v) is 6.84. The maximum absolute atomic E-state index is 13.1. The molecule has 174 valence electrons. The Balaban J connectivity index is 1.46. The number of sulfonamides is 1.